The Morgan fingerprint density at radius 2 is 1.59 bits per heavy atom. The molecule has 0 unspecified atom stereocenters. The molecule has 0 bridgehead atoms. The first-order valence-electron chi connectivity index (χ1n) is 6.62. The van der Waals surface area contributed by atoms with Crippen LogP contribution >= 0.6 is 0 Å². The van der Waals surface area contributed by atoms with Crippen molar-refractivity contribution in [2.45, 2.75) is 47.1 Å². The largest absolute Gasteiger partial charge is 0.339 e. The van der Waals surface area contributed by atoms with Crippen molar-refractivity contribution >= 4 is 5.91 Å². The van der Waals surface area contributed by atoms with Gasteiger partial charge in [0.15, 0.2) is 0 Å². The standard InChI is InChI=1S/C14H26N2O/c1-9(2)14(15)7-16(8-14)11(17)10-12(3,4)13(10,5)6/h9-10H,7-8,15H2,1-6H3. The van der Waals surface area contributed by atoms with Crippen molar-refractivity contribution < 1.29 is 4.79 Å². The predicted octanol–water partition coefficient (Wildman–Crippen LogP) is 1.86. The van der Waals surface area contributed by atoms with Crippen LogP contribution in [-0.2, 0) is 4.79 Å². The number of carbonyl (C=O) groups is 1. The van der Waals surface area contributed by atoms with Crippen LogP contribution in [0.15, 0.2) is 0 Å². The molecule has 0 atom stereocenters. The van der Waals surface area contributed by atoms with Crippen LogP contribution in [0.3, 0.4) is 0 Å². The summed E-state index contributed by atoms with van der Waals surface area (Å²) in [6, 6.07) is 0. The van der Waals surface area contributed by atoms with Crippen molar-refractivity contribution in [2.75, 3.05) is 13.1 Å². The Balaban J connectivity index is 1.99. The summed E-state index contributed by atoms with van der Waals surface area (Å²) in [6.45, 7) is 14.5. The number of nitrogens with zero attached hydrogens (tertiary/aromatic N) is 1. The topological polar surface area (TPSA) is 46.3 Å². The van der Waals surface area contributed by atoms with Crippen molar-refractivity contribution in [1.29, 1.82) is 0 Å². The maximum Gasteiger partial charge on any atom is 0.226 e. The summed E-state index contributed by atoms with van der Waals surface area (Å²) in [5.41, 5.74) is 6.35. The molecule has 0 aromatic carbocycles. The lowest BCUT2D eigenvalue weighted by Gasteiger charge is -2.50. The summed E-state index contributed by atoms with van der Waals surface area (Å²) < 4.78 is 0. The first-order chi connectivity index (χ1) is 7.54. The number of hydrogen-bond acceptors (Lipinski definition) is 2. The molecule has 1 aliphatic carbocycles. The molecular weight excluding hydrogens is 212 g/mol. The number of rotatable bonds is 2. The molecule has 2 rings (SSSR count). The molecule has 0 spiro atoms. The zero-order chi connectivity index (χ0) is 13.2. The quantitative estimate of drug-likeness (QED) is 0.798. The van der Waals surface area contributed by atoms with Gasteiger partial charge in [0.1, 0.15) is 0 Å². The smallest absolute Gasteiger partial charge is 0.226 e. The molecule has 0 aromatic heterocycles. The van der Waals surface area contributed by atoms with Crippen LogP contribution in [0.5, 0.6) is 0 Å². The average Bonchev–Trinajstić information content (AvgIpc) is 2.51. The van der Waals surface area contributed by atoms with Crippen molar-refractivity contribution in [3.05, 3.63) is 0 Å². The number of likely N-dealkylation sites (tertiary alicyclic amines) is 1. The van der Waals surface area contributed by atoms with E-state index in [9.17, 15) is 4.79 Å². The van der Waals surface area contributed by atoms with Gasteiger partial charge in [-0.2, -0.15) is 0 Å². The molecule has 98 valence electrons. The molecular formula is C14H26N2O. The minimum atomic E-state index is -0.154. The zero-order valence-electron chi connectivity index (χ0n) is 12.0. The van der Waals surface area contributed by atoms with Gasteiger partial charge in [-0.05, 0) is 16.7 Å². The fourth-order valence-electron chi connectivity index (χ4n) is 3.18. The fourth-order valence-corrected chi connectivity index (χ4v) is 3.18. The van der Waals surface area contributed by atoms with Gasteiger partial charge in [0, 0.05) is 19.0 Å². The van der Waals surface area contributed by atoms with Crippen molar-refractivity contribution in [3.8, 4) is 0 Å². The van der Waals surface area contributed by atoms with E-state index in [0.29, 0.717) is 11.8 Å². The Hall–Kier alpha value is -0.570. The van der Waals surface area contributed by atoms with Crippen LogP contribution < -0.4 is 5.73 Å². The third kappa shape index (κ3) is 1.55. The van der Waals surface area contributed by atoms with Crippen LogP contribution in [0.25, 0.3) is 0 Å². The summed E-state index contributed by atoms with van der Waals surface area (Å²) in [4.78, 5) is 14.3. The molecule has 1 aliphatic heterocycles. The molecule has 2 fully saturated rings. The monoisotopic (exact) mass is 238 g/mol. The number of amides is 1. The zero-order valence-corrected chi connectivity index (χ0v) is 12.0. The van der Waals surface area contributed by atoms with Gasteiger partial charge in [0.05, 0.1) is 5.54 Å². The van der Waals surface area contributed by atoms with E-state index in [1.165, 1.54) is 0 Å². The van der Waals surface area contributed by atoms with E-state index in [-0.39, 0.29) is 22.3 Å². The second kappa shape index (κ2) is 3.25. The molecule has 2 aliphatic rings. The number of nitrogens with two attached hydrogens (primary N) is 1. The predicted molar refractivity (Wildman–Crippen MR) is 69.4 cm³/mol. The average molecular weight is 238 g/mol. The molecule has 0 radical (unpaired) electrons. The SMILES string of the molecule is CC(C)C1(N)CN(C(=O)C2C(C)(C)C2(C)C)C1. The first kappa shape index (κ1) is 12.9. The highest BCUT2D eigenvalue weighted by Crippen LogP contribution is 2.69. The van der Waals surface area contributed by atoms with Gasteiger partial charge in [0.2, 0.25) is 5.91 Å². The Labute approximate surface area is 105 Å². The minimum Gasteiger partial charge on any atom is -0.339 e. The molecule has 1 saturated heterocycles. The highest BCUT2D eigenvalue weighted by Gasteiger charge is 2.69. The van der Waals surface area contributed by atoms with Crippen LogP contribution in [0.4, 0.5) is 0 Å². The highest BCUT2D eigenvalue weighted by atomic mass is 16.2. The molecule has 2 N–H and O–H groups in total. The molecule has 1 saturated carbocycles. The summed E-state index contributed by atoms with van der Waals surface area (Å²) in [7, 11) is 0. The van der Waals surface area contributed by atoms with Gasteiger partial charge in [0.25, 0.3) is 0 Å². The second-order valence-electron chi connectivity index (χ2n) is 7.46. The lowest BCUT2D eigenvalue weighted by Crippen LogP contribution is -2.71. The van der Waals surface area contributed by atoms with E-state index in [0.717, 1.165) is 13.1 Å². The van der Waals surface area contributed by atoms with Gasteiger partial charge >= 0.3 is 0 Å². The normalized spacial score (nSPS) is 29.1. The van der Waals surface area contributed by atoms with E-state index in [1.54, 1.807) is 0 Å². The molecule has 0 aromatic rings. The van der Waals surface area contributed by atoms with Crippen molar-refractivity contribution in [2.24, 2.45) is 28.4 Å². The van der Waals surface area contributed by atoms with E-state index >= 15 is 0 Å². The van der Waals surface area contributed by atoms with Crippen LogP contribution in [-0.4, -0.2) is 29.4 Å². The summed E-state index contributed by atoms with van der Waals surface area (Å²) in [5, 5.41) is 0. The Kier molecular flexibility index (Phi) is 2.46. The highest BCUT2D eigenvalue weighted by molar-refractivity contribution is 5.85. The molecule has 3 nitrogen and oxygen atoms in total. The number of hydrogen-bond donors (Lipinski definition) is 1. The van der Waals surface area contributed by atoms with Crippen molar-refractivity contribution in [3.63, 3.8) is 0 Å². The second-order valence-corrected chi connectivity index (χ2v) is 7.46. The van der Waals surface area contributed by atoms with E-state index in [1.807, 2.05) is 4.90 Å². The van der Waals surface area contributed by atoms with Crippen LogP contribution in [0.1, 0.15) is 41.5 Å². The summed E-state index contributed by atoms with van der Waals surface area (Å²) in [5.74, 6) is 0.917. The Morgan fingerprint density at radius 3 is 1.88 bits per heavy atom. The molecule has 1 amide bonds. The maximum atomic E-state index is 12.4. The summed E-state index contributed by atoms with van der Waals surface area (Å²) in [6.07, 6.45) is 0. The minimum absolute atomic E-state index is 0.134. The maximum absolute atomic E-state index is 12.4. The first-order valence-corrected chi connectivity index (χ1v) is 6.62. The van der Waals surface area contributed by atoms with E-state index in [2.05, 4.69) is 41.5 Å². The van der Waals surface area contributed by atoms with Gasteiger partial charge in [-0.3, -0.25) is 4.79 Å². The van der Waals surface area contributed by atoms with Gasteiger partial charge in [-0.1, -0.05) is 41.5 Å². The molecule has 1 heterocycles. The molecule has 17 heavy (non-hydrogen) atoms. The van der Waals surface area contributed by atoms with Crippen LogP contribution in [0, 0.1) is 22.7 Å². The molecule has 3 heteroatoms. The van der Waals surface area contributed by atoms with Crippen molar-refractivity contribution in [1.82, 2.24) is 4.90 Å². The van der Waals surface area contributed by atoms with E-state index < -0.39 is 0 Å². The third-order valence-electron chi connectivity index (χ3n) is 5.70. The van der Waals surface area contributed by atoms with Gasteiger partial charge in [-0.15, -0.1) is 0 Å². The van der Waals surface area contributed by atoms with Gasteiger partial charge < -0.3 is 10.6 Å². The lowest BCUT2D eigenvalue weighted by molar-refractivity contribution is -0.142. The Morgan fingerprint density at radius 1 is 1.18 bits per heavy atom. The lowest BCUT2D eigenvalue weighted by atomic mass is 9.80. The summed E-state index contributed by atoms with van der Waals surface area (Å²) >= 11 is 0. The van der Waals surface area contributed by atoms with E-state index in [4.69, 9.17) is 5.73 Å². The van der Waals surface area contributed by atoms with Crippen LogP contribution in [0.2, 0.25) is 0 Å². The third-order valence-corrected chi connectivity index (χ3v) is 5.70. The number of carbonyl (C=O) groups excluding carboxylic acids is 1. The fraction of sp³-hybridized carbons (Fsp3) is 0.929. The van der Waals surface area contributed by atoms with Gasteiger partial charge in [-0.25, -0.2) is 0 Å². The Bertz CT molecular complexity index is 337.